The summed E-state index contributed by atoms with van der Waals surface area (Å²) in [4.78, 5) is 16.4. The molecule has 35 heavy (non-hydrogen) atoms. The molecule has 0 spiro atoms. The minimum absolute atomic E-state index is 0.137. The highest BCUT2D eigenvalue weighted by atomic mass is 19.1. The number of halogens is 2. The lowest BCUT2D eigenvalue weighted by Crippen LogP contribution is -2.39. The lowest BCUT2D eigenvalue weighted by Gasteiger charge is -2.29. The molecule has 0 bridgehead atoms. The minimum atomic E-state index is -1.86. The van der Waals surface area contributed by atoms with Crippen molar-refractivity contribution in [2.75, 3.05) is 6.61 Å². The van der Waals surface area contributed by atoms with E-state index in [1.54, 1.807) is 30.3 Å². The number of carbonyl (C=O) groups is 1. The number of rotatable bonds is 9. The number of aromatic nitrogens is 3. The first-order chi connectivity index (χ1) is 16.8. The van der Waals surface area contributed by atoms with Crippen molar-refractivity contribution >= 4 is 11.9 Å². The molecular weight excluding hydrogens is 452 g/mol. The van der Waals surface area contributed by atoms with Gasteiger partial charge in [0.05, 0.1) is 6.54 Å². The molecular formula is C27H23F2N3O3. The van der Waals surface area contributed by atoms with E-state index in [-0.39, 0.29) is 24.5 Å². The van der Waals surface area contributed by atoms with Crippen molar-refractivity contribution < 1.29 is 23.4 Å². The van der Waals surface area contributed by atoms with Crippen molar-refractivity contribution in [3.8, 4) is 5.75 Å². The van der Waals surface area contributed by atoms with Gasteiger partial charge in [-0.25, -0.2) is 18.4 Å². The zero-order valence-electron chi connectivity index (χ0n) is 18.9. The molecule has 4 aromatic rings. The number of carbonyl (C=O) groups excluding carboxylic acids is 1. The number of aryl methyl sites for hydroxylation is 1. The molecule has 1 N–H and O–H groups in total. The molecule has 3 aromatic carbocycles. The Morgan fingerprint density at radius 3 is 2.57 bits per heavy atom. The molecule has 8 heteroatoms. The van der Waals surface area contributed by atoms with Crippen LogP contribution in [0.1, 0.15) is 27.0 Å². The Labute approximate surface area is 201 Å². The van der Waals surface area contributed by atoms with Crippen LogP contribution in [0.2, 0.25) is 0 Å². The molecule has 1 aromatic heterocycles. The average Bonchev–Trinajstić information content (AvgIpc) is 3.35. The fraction of sp³-hybridized carbons (Fsp3) is 0.148. The van der Waals surface area contributed by atoms with Gasteiger partial charge in [-0.1, -0.05) is 36.4 Å². The van der Waals surface area contributed by atoms with Crippen molar-refractivity contribution in [2.45, 2.75) is 19.1 Å². The van der Waals surface area contributed by atoms with E-state index in [0.29, 0.717) is 17.4 Å². The van der Waals surface area contributed by atoms with Crippen LogP contribution in [0.5, 0.6) is 5.75 Å². The van der Waals surface area contributed by atoms with Crippen LogP contribution in [0, 0.1) is 18.6 Å². The Morgan fingerprint density at radius 1 is 1.11 bits per heavy atom. The second kappa shape index (κ2) is 10.4. The van der Waals surface area contributed by atoms with E-state index in [2.05, 4.69) is 10.1 Å². The van der Waals surface area contributed by atoms with Crippen LogP contribution in [0.4, 0.5) is 8.78 Å². The van der Waals surface area contributed by atoms with E-state index >= 15 is 0 Å². The van der Waals surface area contributed by atoms with Crippen molar-refractivity contribution in [3.05, 3.63) is 119 Å². The van der Waals surface area contributed by atoms with Crippen LogP contribution in [-0.4, -0.2) is 32.3 Å². The van der Waals surface area contributed by atoms with Crippen LogP contribution < -0.4 is 4.74 Å². The highest BCUT2D eigenvalue weighted by Crippen LogP contribution is 2.28. The third-order valence-corrected chi connectivity index (χ3v) is 5.54. The Bertz CT molecular complexity index is 1340. The molecule has 0 aliphatic rings. The monoisotopic (exact) mass is 475 g/mol. The summed E-state index contributed by atoms with van der Waals surface area (Å²) in [6.07, 6.45) is 5.93. The third-order valence-electron chi connectivity index (χ3n) is 5.54. The summed E-state index contributed by atoms with van der Waals surface area (Å²) >= 11 is 0. The molecule has 1 atom stereocenters. The van der Waals surface area contributed by atoms with Gasteiger partial charge in [-0.2, -0.15) is 5.10 Å². The van der Waals surface area contributed by atoms with E-state index in [9.17, 15) is 18.7 Å². The van der Waals surface area contributed by atoms with Crippen molar-refractivity contribution in [2.24, 2.45) is 0 Å². The predicted molar refractivity (Wildman–Crippen MR) is 127 cm³/mol. The van der Waals surface area contributed by atoms with Crippen LogP contribution >= 0.6 is 0 Å². The molecule has 0 saturated heterocycles. The molecule has 0 fully saturated rings. The highest BCUT2D eigenvalue weighted by molar-refractivity contribution is 6.06. The zero-order chi connectivity index (χ0) is 24.8. The van der Waals surface area contributed by atoms with Gasteiger partial charge in [0.25, 0.3) is 0 Å². The van der Waals surface area contributed by atoms with Crippen molar-refractivity contribution in [1.29, 1.82) is 0 Å². The minimum Gasteiger partial charge on any atom is -0.490 e. The number of allylic oxidation sites excluding steroid dienone is 1. The average molecular weight is 475 g/mol. The second-order valence-electron chi connectivity index (χ2n) is 8.12. The lowest BCUT2D eigenvalue weighted by molar-refractivity contribution is -0.0297. The van der Waals surface area contributed by atoms with Gasteiger partial charge in [0.1, 0.15) is 42.2 Å². The van der Waals surface area contributed by atoms with Crippen LogP contribution in [-0.2, 0) is 12.1 Å². The van der Waals surface area contributed by atoms with Crippen LogP contribution in [0.25, 0.3) is 6.08 Å². The third kappa shape index (κ3) is 5.85. The van der Waals surface area contributed by atoms with E-state index < -0.39 is 17.2 Å². The van der Waals surface area contributed by atoms with Crippen molar-refractivity contribution in [1.82, 2.24) is 14.8 Å². The number of ether oxygens (including phenoxy) is 1. The van der Waals surface area contributed by atoms with Gasteiger partial charge in [-0.15, -0.1) is 0 Å². The second-order valence-corrected chi connectivity index (χ2v) is 8.12. The molecule has 0 amide bonds. The Hall–Kier alpha value is -4.17. The first kappa shape index (κ1) is 24.0. The van der Waals surface area contributed by atoms with Gasteiger partial charge in [-0.3, -0.25) is 4.79 Å². The fourth-order valence-corrected chi connectivity index (χ4v) is 3.61. The lowest BCUT2D eigenvalue weighted by atomic mass is 9.94. The number of aliphatic hydroxyl groups is 1. The molecule has 178 valence electrons. The predicted octanol–water partition coefficient (Wildman–Crippen LogP) is 4.73. The van der Waals surface area contributed by atoms with Gasteiger partial charge >= 0.3 is 0 Å². The zero-order valence-corrected chi connectivity index (χ0v) is 18.9. The highest BCUT2D eigenvalue weighted by Gasteiger charge is 2.34. The summed E-state index contributed by atoms with van der Waals surface area (Å²) in [7, 11) is 0. The number of hydrogen-bond acceptors (Lipinski definition) is 5. The summed E-state index contributed by atoms with van der Waals surface area (Å²) in [5.74, 6) is -1.47. The quantitative estimate of drug-likeness (QED) is 0.280. The molecule has 0 aliphatic carbocycles. The van der Waals surface area contributed by atoms with Gasteiger partial charge in [0.2, 0.25) is 0 Å². The summed E-state index contributed by atoms with van der Waals surface area (Å²) in [6.45, 7) is 1.45. The Morgan fingerprint density at radius 2 is 1.89 bits per heavy atom. The first-order valence-corrected chi connectivity index (χ1v) is 10.9. The maximum atomic E-state index is 14.5. The standard InChI is InChI=1S/C27H23F2N3O3/c1-19-4-2-3-5-20(19)8-13-26(33)21-6-10-23(11-7-21)35-16-27(34,15-32-18-30-17-31-32)24-12-9-22(28)14-25(24)29/h2-14,17-18,34H,15-16H2,1H3/b13-8+. The van der Waals surface area contributed by atoms with E-state index in [4.69, 9.17) is 4.74 Å². The van der Waals surface area contributed by atoms with Gasteiger partial charge in [0.15, 0.2) is 5.78 Å². The number of nitrogens with zero attached hydrogens (tertiary/aromatic N) is 3. The summed E-state index contributed by atoms with van der Waals surface area (Å²) in [6, 6.07) is 17.1. The Balaban J connectivity index is 1.48. The maximum absolute atomic E-state index is 14.5. The summed E-state index contributed by atoms with van der Waals surface area (Å²) in [5.41, 5.74) is 0.486. The fourth-order valence-electron chi connectivity index (χ4n) is 3.61. The van der Waals surface area contributed by atoms with Gasteiger partial charge < -0.3 is 9.84 Å². The molecule has 0 aliphatic heterocycles. The summed E-state index contributed by atoms with van der Waals surface area (Å²) < 4.78 is 35.0. The molecule has 0 saturated carbocycles. The van der Waals surface area contributed by atoms with E-state index in [0.717, 1.165) is 17.2 Å². The molecule has 1 heterocycles. The van der Waals surface area contributed by atoms with Crippen LogP contribution in [0.3, 0.4) is 0 Å². The topological polar surface area (TPSA) is 77.2 Å². The van der Waals surface area contributed by atoms with Crippen LogP contribution in [0.15, 0.2) is 85.5 Å². The smallest absolute Gasteiger partial charge is 0.185 e. The SMILES string of the molecule is Cc1ccccc1/C=C/C(=O)c1ccc(OCC(O)(Cn2cncn2)c2ccc(F)cc2F)cc1. The van der Waals surface area contributed by atoms with E-state index in [1.165, 1.54) is 29.5 Å². The van der Waals surface area contributed by atoms with Gasteiger partial charge in [-0.05, 0) is 54.5 Å². The number of ketones is 1. The van der Waals surface area contributed by atoms with E-state index in [1.807, 2.05) is 31.2 Å². The summed E-state index contributed by atoms with van der Waals surface area (Å²) in [5, 5.41) is 15.2. The molecule has 0 radical (unpaired) electrons. The number of hydrogen-bond donors (Lipinski definition) is 1. The largest absolute Gasteiger partial charge is 0.490 e. The molecule has 6 nitrogen and oxygen atoms in total. The molecule has 1 unspecified atom stereocenters. The number of benzene rings is 3. The molecule has 4 rings (SSSR count). The van der Waals surface area contributed by atoms with Crippen molar-refractivity contribution in [3.63, 3.8) is 0 Å². The maximum Gasteiger partial charge on any atom is 0.185 e. The first-order valence-electron chi connectivity index (χ1n) is 10.9. The normalized spacial score (nSPS) is 13.0. The Kier molecular flexibility index (Phi) is 7.12. The van der Waals surface area contributed by atoms with Gasteiger partial charge in [0, 0.05) is 17.2 Å².